The van der Waals surface area contributed by atoms with Crippen molar-refractivity contribution in [1.29, 1.82) is 0 Å². The van der Waals surface area contributed by atoms with E-state index in [1.165, 1.54) is 11.1 Å². The summed E-state index contributed by atoms with van der Waals surface area (Å²) in [6.45, 7) is 6.95. The number of nitrogens with one attached hydrogen (secondary N) is 1. The van der Waals surface area contributed by atoms with E-state index in [1.807, 2.05) is 54.3 Å². The van der Waals surface area contributed by atoms with Crippen LogP contribution in [0, 0.1) is 19.8 Å². The van der Waals surface area contributed by atoms with Crippen molar-refractivity contribution < 1.29 is 9.59 Å². The highest BCUT2D eigenvalue weighted by molar-refractivity contribution is 5.95. The second-order valence-corrected chi connectivity index (χ2v) is 9.66. The number of aryl methyl sites for hydroxylation is 2. The number of hydrogen-bond acceptors (Lipinski definition) is 5. The Kier molecular flexibility index (Phi) is 6.49. The first-order chi connectivity index (χ1) is 17.0. The first-order valence-corrected chi connectivity index (χ1v) is 12.3. The molecule has 7 heteroatoms. The highest BCUT2D eigenvalue weighted by Gasteiger charge is 2.33. The van der Waals surface area contributed by atoms with E-state index in [2.05, 4.69) is 39.5 Å². The number of benzene rings is 2. The van der Waals surface area contributed by atoms with Crippen LogP contribution in [0.25, 0.3) is 0 Å². The van der Waals surface area contributed by atoms with E-state index in [9.17, 15) is 9.59 Å². The quantitative estimate of drug-likeness (QED) is 0.606. The van der Waals surface area contributed by atoms with E-state index in [-0.39, 0.29) is 17.7 Å². The standard InChI is InChI=1S/C28H31N5O2/c1-19-5-6-23(16-20(19)2)28(35)32-14-11-22(12-15-32)21-7-9-25(10-8-21)30-27(34)24-17-33(18-24)26-4-3-13-29-31-26/h3-10,13,16,22,24H,11-12,14-15,17-18H2,1-2H3,(H,30,34). The van der Waals surface area contributed by atoms with Crippen molar-refractivity contribution in [2.24, 2.45) is 5.92 Å². The number of aromatic nitrogens is 2. The maximum Gasteiger partial charge on any atom is 0.253 e. The molecule has 7 nitrogen and oxygen atoms in total. The maximum atomic E-state index is 12.9. The monoisotopic (exact) mass is 469 g/mol. The zero-order chi connectivity index (χ0) is 24.4. The van der Waals surface area contributed by atoms with E-state index in [1.54, 1.807) is 6.20 Å². The van der Waals surface area contributed by atoms with Gasteiger partial charge in [0.1, 0.15) is 0 Å². The van der Waals surface area contributed by atoms with Gasteiger partial charge in [-0.2, -0.15) is 5.10 Å². The van der Waals surface area contributed by atoms with Gasteiger partial charge in [0.25, 0.3) is 5.91 Å². The molecule has 0 radical (unpaired) electrons. The molecule has 2 amide bonds. The average molecular weight is 470 g/mol. The number of likely N-dealkylation sites (tertiary alicyclic amines) is 1. The predicted molar refractivity (Wildman–Crippen MR) is 137 cm³/mol. The number of amides is 2. The number of anilines is 2. The highest BCUT2D eigenvalue weighted by atomic mass is 16.2. The Morgan fingerprint density at radius 2 is 1.69 bits per heavy atom. The Morgan fingerprint density at radius 3 is 2.34 bits per heavy atom. The largest absolute Gasteiger partial charge is 0.353 e. The SMILES string of the molecule is Cc1ccc(C(=O)N2CCC(c3ccc(NC(=O)C4CN(c5cccnn5)C4)cc3)CC2)cc1C. The van der Waals surface area contributed by atoms with Gasteiger partial charge in [-0.15, -0.1) is 5.10 Å². The fraction of sp³-hybridized carbons (Fsp3) is 0.357. The second-order valence-electron chi connectivity index (χ2n) is 9.66. The van der Waals surface area contributed by atoms with Crippen LogP contribution in [0.2, 0.25) is 0 Å². The summed E-state index contributed by atoms with van der Waals surface area (Å²) >= 11 is 0. The second kappa shape index (κ2) is 9.86. The lowest BCUT2D eigenvalue weighted by atomic mass is 9.89. The van der Waals surface area contributed by atoms with E-state index < -0.39 is 0 Å². The zero-order valence-corrected chi connectivity index (χ0v) is 20.3. The van der Waals surface area contributed by atoms with Gasteiger partial charge in [-0.25, -0.2) is 0 Å². The van der Waals surface area contributed by atoms with Gasteiger partial charge in [-0.3, -0.25) is 9.59 Å². The van der Waals surface area contributed by atoms with Crippen LogP contribution >= 0.6 is 0 Å². The Labute approximate surface area is 206 Å². The van der Waals surface area contributed by atoms with Crippen molar-refractivity contribution in [2.45, 2.75) is 32.6 Å². The van der Waals surface area contributed by atoms with Gasteiger partial charge in [-0.1, -0.05) is 18.2 Å². The summed E-state index contributed by atoms with van der Waals surface area (Å²) in [4.78, 5) is 29.5. The van der Waals surface area contributed by atoms with Crippen LogP contribution in [-0.2, 0) is 4.79 Å². The van der Waals surface area contributed by atoms with Gasteiger partial charge in [-0.05, 0) is 85.7 Å². The first-order valence-electron chi connectivity index (χ1n) is 12.3. The Hall–Kier alpha value is -3.74. The minimum absolute atomic E-state index is 0.0380. The molecule has 0 aliphatic carbocycles. The van der Waals surface area contributed by atoms with Crippen LogP contribution in [0.3, 0.4) is 0 Å². The molecule has 2 aliphatic heterocycles. The summed E-state index contributed by atoms with van der Waals surface area (Å²) in [5, 5.41) is 11.0. The molecule has 3 aromatic rings. The van der Waals surface area contributed by atoms with Crippen molar-refractivity contribution in [2.75, 3.05) is 36.4 Å². The van der Waals surface area contributed by atoms with E-state index >= 15 is 0 Å². The van der Waals surface area contributed by atoms with Crippen LogP contribution in [0.1, 0.15) is 45.8 Å². The summed E-state index contributed by atoms with van der Waals surface area (Å²) in [5.41, 5.74) is 5.21. The van der Waals surface area contributed by atoms with Gasteiger partial charge in [0.2, 0.25) is 5.91 Å². The van der Waals surface area contributed by atoms with Crippen molar-refractivity contribution in [3.8, 4) is 0 Å². The molecule has 3 heterocycles. The van der Waals surface area contributed by atoms with Gasteiger partial charge in [0.15, 0.2) is 5.82 Å². The molecule has 0 spiro atoms. The Bertz CT molecular complexity index is 1200. The highest BCUT2D eigenvalue weighted by Crippen LogP contribution is 2.30. The minimum Gasteiger partial charge on any atom is -0.353 e. The molecule has 0 atom stereocenters. The van der Waals surface area contributed by atoms with Gasteiger partial charge in [0.05, 0.1) is 5.92 Å². The molecule has 0 bridgehead atoms. The Morgan fingerprint density at radius 1 is 0.943 bits per heavy atom. The minimum atomic E-state index is -0.0455. The predicted octanol–water partition coefficient (Wildman–Crippen LogP) is 4.19. The fourth-order valence-corrected chi connectivity index (χ4v) is 4.85. The van der Waals surface area contributed by atoms with Crippen molar-refractivity contribution in [3.05, 3.63) is 83.0 Å². The summed E-state index contributed by atoms with van der Waals surface area (Å²) in [6, 6.07) is 17.9. The number of piperidine rings is 1. The topological polar surface area (TPSA) is 78.4 Å². The normalized spacial score (nSPS) is 16.6. The molecular weight excluding hydrogens is 438 g/mol. The van der Waals surface area contributed by atoms with Gasteiger partial charge >= 0.3 is 0 Å². The van der Waals surface area contributed by atoms with Crippen molar-refractivity contribution in [1.82, 2.24) is 15.1 Å². The molecule has 1 N–H and O–H groups in total. The summed E-state index contributed by atoms with van der Waals surface area (Å²) in [7, 11) is 0. The molecule has 5 rings (SSSR count). The molecule has 0 unspecified atom stereocenters. The van der Waals surface area contributed by atoms with Gasteiger partial charge < -0.3 is 15.1 Å². The smallest absolute Gasteiger partial charge is 0.253 e. The molecule has 0 saturated carbocycles. The summed E-state index contributed by atoms with van der Waals surface area (Å²) in [5.74, 6) is 1.35. The first kappa shape index (κ1) is 23.0. The van der Waals surface area contributed by atoms with Crippen molar-refractivity contribution >= 4 is 23.3 Å². The molecule has 35 heavy (non-hydrogen) atoms. The number of hydrogen-bond donors (Lipinski definition) is 1. The van der Waals surface area contributed by atoms with Crippen LogP contribution in [-0.4, -0.2) is 53.1 Å². The van der Waals surface area contributed by atoms with E-state index in [0.29, 0.717) is 19.0 Å². The third-order valence-electron chi connectivity index (χ3n) is 7.32. The molecule has 2 aliphatic rings. The van der Waals surface area contributed by atoms with E-state index in [0.717, 1.165) is 48.6 Å². The molecule has 180 valence electrons. The van der Waals surface area contributed by atoms with Crippen LogP contribution in [0.5, 0.6) is 0 Å². The number of carbonyl (C=O) groups is 2. The molecule has 2 saturated heterocycles. The van der Waals surface area contributed by atoms with E-state index in [4.69, 9.17) is 0 Å². The summed E-state index contributed by atoms with van der Waals surface area (Å²) < 4.78 is 0. The average Bonchev–Trinajstić information content (AvgIpc) is 2.86. The number of rotatable bonds is 5. The van der Waals surface area contributed by atoms with Crippen molar-refractivity contribution in [3.63, 3.8) is 0 Å². The molecular formula is C28H31N5O2. The third kappa shape index (κ3) is 5.04. The number of nitrogens with zero attached hydrogens (tertiary/aromatic N) is 4. The Balaban J connectivity index is 1.11. The van der Waals surface area contributed by atoms with Gasteiger partial charge in [0, 0.05) is 43.6 Å². The lowest BCUT2D eigenvalue weighted by Gasteiger charge is -2.38. The van der Waals surface area contributed by atoms with Crippen LogP contribution < -0.4 is 10.2 Å². The van der Waals surface area contributed by atoms with Crippen LogP contribution in [0.4, 0.5) is 11.5 Å². The lowest BCUT2D eigenvalue weighted by molar-refractivity contribution is -0.120. The van der Waals surface area contributed by atoms with Crippen LogP contribution in [0.15, 0.2) is 60.8 Å². The molecule has 2 aromatic carbocycles. The fourth-order valence-electron chi connectivity index (χ4n) is 4.85. The zero-order valence-electron chi connectivity index (χ0n) is 20.3. The lowest BCUT2D eigenvalue weighted by Crippen LogP contribution is -2.52. The third-order valence-corrected chi connectivity index (χ3v) is 7.32. The number of carbonyl (C=O) groups excluding carboxylic acids is 2. The maximum absolute atomic E-state index is 12.9. The molecule has 2 fully saturated rings. The summed E-state index contributed by atoms with van der Waals surface area (Å²) in [6.07, 6.45) is 3.54. The molecule has 1 aromatic heterocycles.